The van der Waals surface area contributed by atoms with Gasteiger partial charge in [0.25, 0.3) is 0 Å². The molecule has 2 aliphatic rings. The number of carbonyl (C=O) groups is 2. The molecule has 4 rings (SSSR count). The van der Waals surface area contributed by atoms with E-state index in [1.165, 1.54) is 15.6 Å². The van der Waals surface area contributed by atoms with Gasteiger partial charge in [-0.15, -0.1) is 0 Å². The highest BCUT2D eigenvalue weighted by molar-refractivity contribution is 5.97. The van der Waals surface area contributed by atoms with Crippen molar-refractivity contribution in [1.82, 2.24) is 25.3 Å². The summed E-state index contributed by atoms with van der Waals surface area (Å²) >= 11 is 0. The van der Waals surface area contributed by atoms with Crippen LogP contribution >= 0.6 is 0 Å². The first-order chi connectivity index (χ1) is 13.1. The van der Waals surface area contributed by atoms with Crippen LogP contribution in [-0.2, 0) is 16.1 Å². The van der Waals surface area contributed by atoms with Gasteiger partial charge in [0.15, 0.2) is 0 Å². The minimum absolute atomic E-state index is 0.0426. The number of fused-ring (bicyclic) bond motifs is 1. The second-order valence-corrected chi connectivity index (χ2v) is 6.81. The monoisotopic (exact) mass is 373 g/mol. The number of aromatic nitrogens is 2. The number of amides is 2. The Labute approximate surface area is 155 Å². The zero-order valence-corrected chi connectivity index (χ0v) is 14.5. The van der Waals surface area contributed by atoms with E-state index in [2.05, 4.69) is 15.7 Å². The number of rotatable bonds is 5. The van der Waals surface area contributed by atoms with Crippen molar-refractivity contribution in [3.63, 3.8) is 0 Å². The number of benzene rings is 1. The Morgan fingerprint density at radius 1 is 1.33 bits per heavy atom. The minimum atomic E-state index is -0.855. The lowest BCUT2D eigenvalue weighted by molar-refractivity contribution is -0.148. The van der Waals surface area contributed by atoms with Crippen molar-refractivity contribution in [3.05, 3.63) is 48.0 Å². The Hall–Kier alpha value is -2.78. The molecule has 0 bridgehead atoms. The largest absolute Gasteiger partial charge is 0.394 e. The van der Waals surface area contributed by atoms with E-state index in [-0.39, 0.29) is 23.7 Å². The molecule has 3 atom stereocenters. The molecule has 8 nitrogen and oxygen atoms in total. The van der Waals surface area contributed by atoms with E-state index in [0.29, 0.717) is 25.2 Å². The van der Waals surface area contributed by atoms with E-state index in [9.17, 15) is 19.1 Å². The second kappa shape index (κ2) is 7.09. The van der Waals surface area contributed by atoms with Crippen molar-refractivity contribution < 1.29 is 19.1 Å². The Morgan fingerprint density at radius 2 is 2.15 bits per heavy atom. The Bertz CT molecular complexity index is 870. The van der Waals surface area contributed by atoms with Gasteiger partial charge in [-0.05, 0) is 18.6 Å². The van der Waals surface area contributed by atoms with E-state index < -0.39 is 18.7 Å². The maximum Gasteiger partial charge on any atom is 0.248 e. The smallest absolute Gasteiger partial charge is 0.248 e. The van der Waals surface area contributed by atoms with E-state index in [4.69, 9.17) is 0 Å². The number of para-hydroxylation sites is 1. The van der Waals surface area contributed by atoms with Gasteiger partial charge in [0.05, 0.1) is 12.8 Å². The van der Waals surface area contributed by atoms with Crippen LogP contribution in [-0.4, -0.2) is 62.9 Å². The molecule has 2 aromatic rings. The molecular weight excluding hydrogens is 353 g/mol. The van der Waals surface area contributed by atoms with Crippen molar-refractivity contribution in [2.75, 3.05) is 13.2 Å². The van der Waals surface area contributed by atoms with Gasteiger partial charge in [0.2, 0.25) is 11.8 Å². The third-order valence-electron chi connectivity index (χ3n) is 5.01. The first-order valence-corrected chi connectivity index (χ1v) is 8.80. The van der Waals surface area contributed by atoms with E-state index >= 15 is 0 Å². The number of nitrogens with one attached hydrogen (secondary N) is 2. The summed E-state index contributed by atoms with van der Waals surface area (Å²) in [6.45, 7) is 0.495. The fourth-order valence-electron chi connectivity index (χ4n) is 3.61. The normalized spacial score (nSPS) is 24.8. The Kier molecular flexibility index (Phi) is 4.63. The predicted molar refractivity (Wildman–Crippen MR) is 93.3 cm³/mol. The van der Waals surface area contributed by atoms with Crippen molar-refractivity contribution in [3.8, 4) is 5.69 Å². The molecule has 0 radical (unpaired) electrons. The molecule has 0 saturated carbocycles. The predicted octanol–water partition coefficient (Wildman–Crippen LogP) is -0.439. The van der Waals surface area contributed by atoms with Gasteiger partial charge < -0.3 is 20.6 Å². The first-order valence-electron chi connectivity index (χ1n) is 8.80. The maximum absolute atomic E-state index is 13.9. The number of aliphatic hydroxyl groups excluding tert-OH is 1. The van der Waals surface area contributed by atoms with Gasteiger partial charge in [0, 0.05) is 30.9 Å². The molecule has 3 N–H and O–H groups in total. The van der Waals surface area contributed by atoms with Crippen LogP contribution in [0.3, 0.4) is 0 Å². The van der Waals surface area contributed by atoms with Crippen LogP contribution in [0.1, 0.15) is 12.0 Å². The topological polar surface area (TPSA) is 99.5 Å². The number of aliphatic hydroxyl groups is 1. The third kappa shape index (κ3) is 3.31. The zero-order chi connectivity index (χ0) is 19.0. The lowest BCUT2D eigenvalue weighted by Gasteiger charge is -2.33. The van der Waals surface area contributed by atoms with Crippen molar-refractivity contribution >= 4 is 11.8 Å². The number of nitrogens with zero attached hydrogens (tertiary/aromatic N) is 3. The molecule has 2 saturated heterocycles. The molecule has 2 aliphatic heterocycles. The third-order valence-corrected chi connectivity index (χ3v) is 5.01. The Morgan fingerprint density at radius 3 is 2.93 bits per heavy atom. The molecule has 3 heterocycles. The standard InChI is InChI=1S/C18H20FN5O3/c19-13-3-1-2-4-15(13)24-8-11(7-21-24)6-20-12-5-16-17(26)22-14(10-25)18(27)23(16)9-12/h1-4,7-8,12,14,16,20,25H,5-6,9-10H2,(H,22,26)/t12-,14-,16-/m0/s1. The molecule has 0 unspecified atom stereocenters. The molecule has 1 aromatic carbocycles. The SMILES string of the molecule is O=C1N[C@@H](CO)C(=O)N2C[C@@H](NCc3cnn(-c4ccccc4F)c3)C[C@@H]12. The van der Waals surface area contributed by atoms with E-state index in [1.807, 2.05) is 0 Å². The molecule has 0 spiro atoms. The summed E-state index contributed by atoms with van der Waals surface area (Å²) in [6.07, 6.45) is 3.91. The summed E-state index contributed by atoms with van der Waals surface area (Å²) in [6, 6.07) is 5.00. The van der Waals surface area contributed by atoms with Gasteiger partial charge >= 0.3 is 0 Å². The number of halogens is 1. The van der Waals surface area contributed by atoms with Crippen LogP contribution in [0.2, 0.25) is 0 Å². The zero-order valence-electron chi connectivity index (χ0n) is 14.5. The molecule has 1 aromatic heterocycles. The van der Waals surface area contributed by atoms with Crippen LogP contribution in [0.4, 0.5) is 4.39 Å². The second-order valence-electron chi connectivity index (χ2n) is 6.81. The summed E-state index contributed by atoms with van der Waals surface area (Å²) < 4.78 is 15.3. The molecule has 2 fully saturated rings. The number of piperazine rings is 1. The number of carbonyl (C=O) groups excluding carboxylic acids is 2. The maximum atomic E-state index is 13.9. The summed E-state index contributed by atoms with van der Waals surface area (Å²) in [7, 11) is 0. The van der Waals surface area contributed by atoms with Gasteiger partial charge in [0.1, 0.15) is 23.6 Å². The molecule has 27 heavy (non-hydrogen) atoms. The highest BCUT2D eigenvalue weighted by Crippen LogP contribution is 2.23. The molecular formula is C18H20FN5O3. The highest BCUT2D eigenvalue weighted by Gasteiger charge is 2.46. The number of hydrogen-bond donors (Lipinski definition) is 3. The van der Waals surface area contributed by atoms with E-state index in [0.717, 1.165) is 5.56 Å². The van der Waals surface area contributed by atoms with Gasteiger partial charge in [-0.1, -0.05) is 12.1 Å². The van der Waals surface area contributed by atoms with Crippen molar-refractivity contribution in [2.45, 2.75) is 31.1 Å². The highest BCUT2D eigenvalue weighted by atomic mass is 19.1. The quantitative estimate of drug-likeness (QED) is 0.660. The lowest BCUT2D eigenvalue weighted by atomic mass is 10.1. The summed E-state index contributed by atoms with van der Waals surface area (Å²) in [5, 5.41) is 19.3. The lowest BCUT2D eigenvalue weighted by Crippen LogP contribution is -2.62. The van der Waals surface area contributed by atoms with Crippen LogP contribution in [0.15, 0.2) is 36.7 Å². The minimum Gasteiger partial charge on any atom is -0.394 e. The van der Waals surface area contributed by atoms with Crippen molar-refractivity contribution in [1.29, 1.82) is 0 Å². The summed E-state index contributed by atoms with van der Waals surface area (Å²) in [5.74, 6) is -0.833. The first kappa shape index (κ1) is 17.6. The molecule has 142 valence electrons. The average Bonchev–Trinajstić information content (AvgIpc) is 3.31. The summed E-state index contributed by atoms with van der Waals surface area (Å²) in [5.41, 5.74) is 1.24. The summed E-state index contributed by atoms with van der Waals surface area (Å²) in [4.78, 5) is 25.9. The fourth-order valence-corrected chi connectivity index (χ4v) is 3.61. The van der Waals surface area contributed by atoms with E-state index in [1.54, 1.807) is 30.6 Å². The Balaban J connectivity index is 1.39. The van der Waals surface area contributed by atoms with Crippen molar-refractivity contribution in [2.24, 2.45) is 0 Å². The van der Waals surface area contributed by atoms with Crippen LogP contribution in [0.5, 0.6) is 0 Å². The molecule has 0 aliphatic carbocycles. The number of hydrogen-bond acceptors (Lipinski definition) is 5. The van der Waals surface area contributed by atoms with Crippen LogP contribution in [0.25, 0.3) is 5.69 Å². The van der Waals surface area contributed by atoms with Gasteiger partial charge in [-0.2, -0.15) is 5.10 Å². The average molecular weight is 373 g/mol. The van der Waals surface area contributed by atoms with Crippen LogP contribution in [0, 0.1) is 5.82 Å². The molecule has 2 amide bonds. The fraction of sp³-hybridized carbons (Fsp3) is 0.389. The molecule has 9 heteroatoms. The van der Waals surface area contributed by atoms with Crippen LogP contribution < -0.4 is 10.6 Å². The van der Waals surface area contributed by atoms with Gasteiger partial charge in [-0.25, -0.2) is 9.07 Å². The van der Waals surface area contributed by atoms with Gasteiger partial charge in [-0.3, -0.25) is 9.59 Å².